The molecule has 2 aromatic rings. The molecular weight excluding hydrogens is 401 g/mol. The van der Waals surface area contributed by atoms with Gasteiger partial charge in [-0.15, -0.1) is 12.4 Å². The van der Waals surface area contributed by atoms with E-state index in [-0.39, 0.29) is 35.7 Å². The Kier molecular flexibility index (Phi) is 6.17. The molecule has 3 N–H and O–H groups in total. The third-order valence-corrected chi connectivity index (χ3v) is 5.67. The van der Waals surface area contributed by atoms with Crippen LogP contribution in [0.2, 0.25) is 5.02 Å². The summed E-state index contributed by atoms with van der Waals surface area (Å²) in [6.45, 7) is 1.27. The van der Waals surface area contributed by atoms with Crippen molar-refractivity contribution in [2.24, 2.45) is 17.6 Å². The maximum Gasteiger partial charge on any atom is 0.276 e. The van der Waals surface area contributed by atoms with Crippen molar-refractivity contribution in [3.63, 3.8) is 0 Å². The molecule has 1 aromatic carbocycles. The number of aromatic nitrogens is 2. The number of halogens is 2. The van der Waals surface area contributed by atoms with Gasteiger partial charge in [-0.05, 0) is 48.9 Å². The summed E-state index contributed by atoms with van der Waals surface area (Å²) in [6.07, 6.45) is 4.88. The zero-order valence-electron chi connectivity index (χ0n) is 15.0. The first kappa shape index (κ1) is 20.5. The number of likely N-dealkylation sites (tertiary alicyclic amines) is 1. The summed E-state index contributed by atoms with van der Waals surface area (Å²) in [4.78, 5) is 35.6. The third-order valence-electron chi connectivity index (χ3n) is 5.42. The Bertz CT molecular complexity index is 877. The number of hydrogen-bond acceptors (Lipinski definition) is 5. The average Bonchev–Trinajstić information content (AvgIpc) is 3.25. The Labute approximate surface area is 174 Å². The lowest BCUT2D eigenvalue weighted by Crippen LogP contribution is -2.35. The molecule has 28 heavy (non-hydrogen) atoms. The second-order valence-electron chi connectivity index (χ2n) is 7.09. The largest absolute Gasteiger partial charge is 0.337 e. The van der Waals surface area contributed by atoms with E-state index in [1.54, 1.807) is 29.2 Å². The molecule has 2 aliphatic rings. The van der Waals surface area contributed by atoms with Crippen LogP contribution in [0.5, 0.6) is 0 Å². The van der Waals surface area contributed by atoms with Crippen molar-refractivity contribution in [3.05, 3.63) is 53.1 Å². The maximum absolute atomic E-state index is 13.0. The normalized spacial score (nSPS) is 23.1. The van der Waals surface area contributed by atoms with Crippen molar-refractivity contribution < 1.29 is 9.59 Å². The zero-order chi connectivity index (χ0) is 19.0. The first-order valence-electron chi connectivity index (χ1n) is 8.95. The van der Waals surface area contributed by atoms with Crippen molar-refractivity contribution in [2.45, 2.75) is 18.9 Å². The smallest absolute Gasteiger partial charge is 0.276 e. The molecule has 2 heterocycles. The minimum Gasteiger partial charge on any atom is -0.337 e. The highest BCUT2D eigenvalue weighted by Gasteiger charge is 2.43. The van der Waals surface area contributed by atoms with E-state index < -0.39 is 5.91 Å². The first-order valence-corrected chi connectivity index (χ1v) is 9.33. The second-order valence-corrected chi connectivity index (χ2v) is 7.53. The standard InChI is InChI=1S/C19H20ClN5O2.ClH/c20-12-2-4-13(5-3-12)24-18(26)16-17(23-8-7-22-16)19(27)25-9-11-1-6-15(21)14(11)10-25;/h2-5,7-8,11,14-15H,1,6,9-10,21H2,(H,24,26);1H. The van der Waals surface area contributed by atoms with Crippen molar-refractivity contribution in [2.75, 3.05) is 18.4 Å². The molecule has 3 unspecified atom stereocenters. The van der Waals surface area contributed by atoms with Gasteiger partial charge < -0.3 is 16.0 Å². The van der Waals surface area contributed by atoms with Crippen LogP contribution in [0.4, 0.5) is 5.69 Å². The van der Waals surface area contributed by atoms with Gasteiger partial charge in [0.15, 0.2) is 11.4 Å². The number of nitrogens with zero attached hydrogens (tertiary/aromatic N) is 3. The molecule has 0 bridgehead atoms. The Morgan fingerprint density at radius 1 is 1.07 bits per heavy atom. The van der Waals surface area contributed by atoms with Crippen LogP contribution in [0.1, 0.15) is 33.8 Å². The molecule has 1 saturated heterocycles. The Morgan fingerprint density at radius 3 is 2.43 bits per heavy atom. The number of nitrogens with one attached hydrogen (secondary N) is 1. The zero-order valence-corrected chi connectivity index (χ0v) is 16.6. The molecule has 1 aliphatic heterocycles. The molecule has 0 radical (unpaired) electrons. The van der Waals surface area contributed by atoms with Gasteiger partial charge in [0.25, 0.3) is 11.8 Å². The Hall–Kier alpha value is -2.22. The van der Waals surface area contributed by atoms with Crippen LogP contribution in [0, 0.1) is 11.8 Å². The molecule has 1 saturated carbocycles. The van der Waals surface area contributed by atoms with Crippen LogP contribution in [0.25, 0.3) is 0 Å². The minimum atomic E-state index is -0.482. The van der Waals surface area contributed by atoms with Gasteiger partial charge in [0, 0.05) is 42.2 Å². The van der Waals surface area contributed by atoms with Gasteiger partial charge in [-0.2, -0.15) is 0 Å². The number of hydrogen-bond donors (Lipinski definition) is 2. The van der Waals surface area contributed by atoms with E-state index >= 15 is 0 Å². The fourth-order valence-corrected chi connectivity index (χ4v) is 4.13. The van der Waals surface area contributed by atoms with Gasteiger partial charge in [-0.3, -0.25) is 9.59 Å². The predicted molar refractivity (Wildman–Crippen MR) is 109 cm³/mol. The fraction of sp³-hybridized carbons (Fsp3) is 0.368. The highest BCUT2D eigenvalue weighted by molar-refractivity contribution is 6.30. The van der Waals surface area contributed by atoms with Gasteiger partial charge in [0.1, 0.15) is 0 Å². The van der Waals surface area contributed by atoms with Gasteiger partial charge in [-0.25, -0.2) is 9.97 Å². The summed E-state index contributed by atoms with van der Waals surface area (Å²) < 4.78 is 0. The number of benzene rings is 1. The first-order chi connectivity index (χ1) is 13.0. The SMILES string of the molecule is Cl.NC1CCC2CN(C(=O)c3nccnc3C(=O)Nc3ccc(Cl)cc3)CC12. The third kappa shape index (κ3) is 3.97. The van der Waals surface area contributed by atoms with Crippen LogP contribution in [-0.4, -0.2) is 45.8 Å². The summed E-state index contributed by atoms with van der Waals surface area (Å²) in [5.41, 5.74) is 6.80. The minimum absolute atomic E-state index is 0. The van der Waals surface area contributed by atoms with Crippen LogP contribution >= 0.6 is 24.0 Å². The van der Waals surface area contributed by atoms with Gasteiger partial charge in [-0.1, -0.05) is 11.6 Å². The lowest BCUT2D eigenvalue weighted by molar-refractivity contribution is 0.0767. The molecule has 4 rings (SSSR count). The van der Waals surface area contributed by atoms with Crippen molar-refractivity contribution in [1.82, 2.24) is 14.9 Å². The summed E-state index contributed by atoms with van der Waals surface area (Å²) in [6, 6.07) is 6.85. The van der Waals surface area contributed by atoms with Crippen LogP contribution in [0.3, 0.4) is 0 Å². The van der Waals surface area contributed by atoms with E-state index in [0.717, 1.165) is 12.8 Å². The highest BCUT2D eigenvalue weighted by Crippen LogP contribution is 2.37. The van der Waals surface area contributed by atoms with E-state index in [1.807, 2.05) is 0 Å². The monoisotopic (exact) mass is 421 g/mol. The van der Waals surface area contributed by atoms with E-state index in [0.29, 0.717) is 35.6 Å². The molecule has 2 amide bonds. The second kappa shape index (κ2) is 8.43. The summed E-state index contributed by atoms with van der Waals surface area (Å²) in [7, 11) is 0. The van der Waals surface area contributed by atoms with Crippen LogP contribution in [0.15, 0.2) is 36.7 Å². The number of anilines is 1. The van der Waals surface area contributed by atoms with E-state index in [1.165, 1.54) is 12.4 Å². The number of nitrogens with two attached hydrogens (primary N) is 1. The van der Waals surface area contributed by atoms with E-state index in [2.05, 4.69) is 15.3 Å². The number of amides is 2. The molecule has 148 valence electrons. The molecule has 9 heteroatoms. The lowest BCUT2D eigenvalue weighted by Gasteiger charge is -2.19. The van der Waals surface area contributed by atoms with Crippen molar-refractivity contribution >= 4 is 41.5 Å². The lowest BCUT2D eigenvalue weighted by atomic mass is 9.98. The number of carbonyl (C=O) groups excluding carboxylic acids is 2. The van der Waals surface area contributed by atoms with Crippen molar-refractivity contribution in [3.8, 4) is 0 Å². The summed E-state index contributed by atoms with van der Waals surface area (Å²) in [5, 5.41) is 3.30. The highest BCUT2D eigenvalue weighted by atomic mass is 35.5. The van der Waals surface area contributed by atoms with Gasteiger partial charge in [0.2, 0.25) is 0 Å². The molecular formula is C19H21Cl2N5O2. The summed E-state index contributed by atoms with van der Waals surface area (Å²) >= 11 is 5.86. The van der Waals surface area contributed by atoms with E-state index in [9.17, 15) is 9.59 Å². The molecule has 1 aliphatic carbocycles. The van der Waals surface area contributed by atoms with Gasteiger partial charge in [0.05, 0.1) is 0 Å². The van der Waals surface area contributed by atoms with E-state index in [4.69, 9.17) is 17.3 Å². The van der Waals surface area contributed by atoms with Crippen LogP contribution < -0.4 is 11.1 Å². The maximum atomic E-state index is 13.0. The van der Waals surface area contributed by atoms with Gasteiger partial charge >= 0.3 is 0 Å². The number of rotatable bonds is 3. The van der Waals surface area contributed by atoms with Crippen molar-refractivity contribution in [1.29, 1.82) is 0 Å². The Morgan fingerprint density at radius 2 is 1.75 bits per heavy atom. The Balaban J connectivity index is 0.00000225. The quantitative estimate of drug-likeness (QED) is 0.792. The molecule has 0 spiro atoms. The topological polar surface area (TPSA) is 101 Å². The number of fused-ring (bicyclic) bond motifs is 1. The molecule has 3 atom stereocenters. The average molecular weight is 422 g/mol. The number of carbonyl (C=O) groups is 2. The molecule has 1 aromatic heterocycles. The molecule has 2 fully saturated rings. The fourth-order valence-electron chi connectivity index (χ4n) is 4.01. The molecule has 7 nitrogen and oxygen atoms in total. The summed E-state index contributed by atoms with van der Waals surface area (Å²) in [5.74, 6) is 0.0137. The predicted octanol–water partition coefficient (Wildman–Crippen LogP) is 2.61. The van der Waals surface area contributed by atoms with Crippen LogP contribution in [-0.2, 0) is 0 Å².